The van der Waals surface area contributed by atoms with Crippen molar-refractivity contribution in [2.45, 2.75) is 45.2 Å². The van der Waals surface area contributed by atoms with Crippen LogP contribution in [0.3, 0.4) is 0 Å². The summed E-state index contributed by atoms with van der Waals surface area (Å²) in [4.78, 5) is 0. The van der Waals surface area contributed by atoms with E-state index in [1.54, 1.807) is 0 Å². The lowest BCUT2D eigenvalue weighted by Gasteiger charge is -2.29. The molecule has 0 aliphatic heterocycles. The summed E-state index contributed by atoms with van der Waals surface area (Å²) >= 11 is 0. The van der Waals surface area contributed by atoms with Crippen molar-refractivity contribution in [1.29, 1.82) is 0 Å². The van der Waals surface area contributed by atoms with Crippen LogP contribution in [-0.2, 0) is 6.42 Å². The van der Waals surface area contributed by atoms with Gasteiger partial charge in [0.05, 0.1) is 6.61 Å². The van der Waals surface area contributed by atoms with Crippen molar-refractivity contribution in [3.05, 3.63) is 34.9 Å². The molecule has 2 heteroatoms. The summed E-state index contributed by atoms with van der Waals surface area (Å²) in [6, 6.07) is 7.33. The SMILES string of the molecule is Cc1ccc2c(c1)C(N[C@@H](C)CO)CCC2. The van der Waals surface area contributed by atoms with Gasteiger partial charge in [-0.25, -0.2) is 0 Å². The van der Waals surface area contributed by atoms with Gasteiger partial charge < -0.3 is 10.4 Å². The highest BCUT2D eigenvalue weighted by atomic mass is 16.3. The molecule has 0 amide bonds. The fourth-order valence-electron chi connectivity index (χ4n) is 2.49. The van der Waals surface area contributed by atoms with Crippen molar-refractivity contribution in [1.82, 2.24) is 5.32 Å². The topological polar surface area (TPSA) is 32.3 Å². The largest absolute Gasteiger partial charge is 0.395 e. The molecule has 1 unspecified atom stereocenters. The van der Waals surface area contributed by atoms with E-state index in [1.807, 2.05) is 6.92 Å². The summed E-state index contributed by atoms with van der Waals surface area (Å²) < 4.78 is 0. The molecule has 0 fully saturated rings. The molecule has 0 radical (unpaired) electrons. The third-order valence-electron chi connectivity index (χ3n) is 3.38. The molecule has 0 spiro atoms. The lowest BCUT2D eigenvalue weighted by atomic mass is 9.86. The molecule has 1 aromatic carbocycles. The molecule has 2 nitrogen and oxygen atoms in total. The zero-order valence-electron chi connectivity index (χ0n) is 10.2. The van der Waals surface area contributed by atoms with E-state index in [2.05, 4.69) is 30.4 Å². The van der Waals surface area contributed by atoms with Crippen molar-refractivity contribution < 1.29 is 5.11 Å². The Hall–Kier alpha value is -0.860. The quantitative estimate of drug-likeness (QED) is 0.818. The first-order valence-corrected chi connectivity index (χ1v) is 6.17. The second kappa shape index (κ2) is 4.98. The maximum absolute atomic E-state index is 9.11. The van der Waals surface area contributed by atoms with Gasteiger partial charge in [-0.05, 0) is 44.2 Å². The van der Waals surface area contributed by atoms with Crippen LogP contribution in [0.1, 0.15) is 42.5 Å². The molecular formula is C14H21NO. The van der Waals surface area contributed by atoms with Crippen molar-refractivity contribution in [2.24, 2.45) is 0 Å². The Morgan fingerprint density at radius 1 is 1.50 bits per heavy atom. The Morgan fingerprint density at radius 2 is 2.31 bits per heavy atom. The van der Waals surface area contributed by atoms with Crippen LogP contribution < -0.4 is 5.32 Å². The van der Waals surface area contributed by atoms with E-state index in [-0.39, 0.29) is 12.6 Å². The van der Waals surface area contributed by atoms with Gasteiger partial charge in [-0.15, -0.1) is 0 Å². The van der Waals surface area contributed by atoms with Gasteiger partial charge in [-0.1, -0.05) is 23.8 Å². The third kappa shape index (κ3) is 2.45. The minimum Gasteiger partial charge on any atom is -0.395 e. The Bertz CT molecular complexity index is 362. The molecular weight excluding hydrogens is 198 g/mol. The first-order chi connectivity index (χ1) is 7.70. The maximum Gasteiger partial charge on any atom is 0.0582 e. The lowest BCUT2D eigenvalue weighted by molar-refractivity contribution is 0.236. The van der Waals surface area contributed by atoms with Crippen LogP contribution in [0, 0.1) is 6.92 Å². The van der Waals surface area contributed by atoms with Gasteiger partial charge >= 0.3 is 0 Å². The highest BCUT2D eigenvalue weighted by Crippen LogP contribution is 2.30. The molecule has 1 aliphatic rings. The molecule has 1 aromatic rings. The number of benzene rings is 1. The van der Waals surface area contributed by atoms with Crippen molar-refractivity contribution in [3.8, 4) is 0 Å². The summed E-state index contributed by atoms with van der Waals surface area (Å²) in [7, 11) is 0. The summed E-state index contributed by atoms with van der Waals surface area (Å²) in [5, 5.41) is 12.6. The van der Waals surface area contributed by atoms with Gasteiger partial charge in [0.1, 0.15) is 0 Å². The van der Waals surface area contributed by atoms with Crippen molar-refractivity contribution >= 4 is 0 Å². The van der Waals surface area contributed by atoms with Crippen LogP contribution in [-0.4, -0.2) is 17.8 Å². The minimum absolute atomic E-state index is 0.177. The van der Waals surface area contributed by atoms with E-state index in [0.717, 1.165) is 0 Å². The van der Waals surface area contributed by atoms with Crippen LogP contribution in [0.15, 0.2) is 18.2 Å². The van der Waals surface area contributed by atoms with Crippen molar-refractivity contribution in [3.63, 3.8) is 0 Å². The monoisotopic (exact) mass is 219 g/mol. The molecule has 2 N–H and O–H groups in total. The molecule has 88 valence electrons. The number of rotatable bonds is 3. The third-order valence-corrected chi connectivity index (χ3v) is 3.38. The zero-order valence-corrected chi connectivity index (χ0v) is 10.2. The summed E-state index contributed by atoms with van der Waals surface area (Å²) in [6.45, 7) is 4.38. The number of aliphatic hydroxyl groups is 1. The number of nitrogens with one attached hydrogen (secondary N) is 1. The lowest BCUT2D eigenvalue weighted by Crippen LogP contribution is -2.35. The fraction of sp³-hybridized carbons (Fsp3) is 0.571. The molecule has 1 aliphatic carbocycles. The molecule has 16 heavy (non-hydrogen) atoms. The molecule has 0 aromatic heterocycles. The van der Waals surface area contributed by atoms with Crippen molar-refractivity contribution in [2.75, 3.05) is 6.61 Å². The van der Waals surface area contributed by atoms with E-state index in [0.29, 0.717) is 6.04 Å². The fourth-order valence-corrected chi connectivity index (χ4v) is 2.49. The average molecular weight is 219 g/mol. The number of aryl methyl sites for hydroxylation is 2. The maximum atomic E-state index is 9.11. The number of hydrogen-bond acceptors (Lipinski definition) is 2. The summed E-state index contributed by atoms with van der Waals surface area (Å²) in [5.41, 5.74) is 4.23. The van der Waals surface area contributed by atoms with E-state index in [9.17, 15) is 0 Å². The van der Waals surface area contributed by atoms with E-state index >= 15 is 0 Å². The number of aliphatic hydroxyl groups excluding tert-OH is 1. The Balaban J connectivity index is 2.21. The first-order valence-electron chi connectivity index (χ1n) is 6.17. The normalized spacial score (nSPS) is 21.6. The predicted molar refractivity (Wildman–Crippen MR) is 66.5 cm³/mol. The highest BCUT2D eigenvalue weighted by Gasteiger charge is 2.20. The molecule has 0 saturated carbocycles. The van der Waals surface area contributed by atoms with Crippen LogP contribution in [0.25, 0.3) is 0 Å². The highest BCUT2D eigenvalue weighted by molar-refractivity contribution is 5.35. The first kappa shape index (κ1) is 11.6. The smallest absolute Gasteiger partial charge is 0.0582 e. The zero-order chi connectivity index (χ0) is 11.5. The minimum atomic E-state index is 0.177. The predicted octanol–water partition coefficient (Wildman–Crippen LogP) is 2.34. The van der Waals surface area contributed by atoms with Gasteiger partial charge in [-0.2, -0.15) is 0 Å². The standard InChI is InChI=1S/C14H21NO/c1-10-6-7-12-4-3-5-14(13(12)8-10)15-11(2)9-16/h6-8,11,14-16H,3-5,9H2,1-2H3/t11-,14?/m0/s1. The Kier molecular flexibility index (Phi) is 3.62. The Labute approximate surface area is 97.7 Å². The molecule has 2 atom stereocenters. The van der Waals surface area contributed by atoms with Crippen LogP contribution in [0.5, 0.6) is 0 Å². The van der Waals surface area contributed by atoms with Gasteiger partial charge in [0, 0.05) is 12.1 Å². The molecule has 0 heterocycles. The van der Waals surface area contributed by atoms with Gasteiger partial charge in [-0.3, -0.25) is 0 Å². The Morgan fingerprint density at radius 3 is 3.06 bits per heavy atom. The van der Waals surface area contributed by atoms with Crippen LogP contribution in [0.2, 0.25) is 0 Å². The van der Waals surface area contributed by atoms with Gasteiger partial charge in [0.2, 0.25) is 0 Å². The second-order valence-electron chi connectivity index (χ2n) is 4.90. The van der Waals surface area contributed by atoms with E-state index in [1.165, 1.54) is 36.0 Å². The van der Waals surface area contributed by atoms with Gasteiger partial charge in [0.25, 0.3) is 0 Å². The number of hydrogen-bond donors (Lipinski definition) is 2. The van der Waals surface area contributed by atoms with E-state index in [4.69, 9.17) is 5.11 Å². The van der Waals surface area contributed by atoms with Crippen LogP contribution >= 0.6 is 0 Å². The summed E-state index contributed by atoms with van der Waals surface area (Å²) in [5.74, 6) is 0. The van der Waals surface area contributed by atoms with E-state index < -0.39 is 0 Å². The second-order valence-corrected chi connectivity index (χ2v) is 4.90. The van der Waals surface area contributed by atoms with Gasteiger partial charge in [0.15, 0.2) is 0 Å². The average Bonchev–Trinajstić information content (AvgIpc) is 2.29. The van der Waals surface area contributed by atoms with Crippen LogP contribution in [0.4, 0.5) is 0 Å². The molecule has 2 rings (SSSR count). The molecule has 0 saturated heterocycles. The summed E-state index contributed by atoms with van der Waals surface area (Å²) in [6.07, 6.45) is 3.62. The molecule has 0 bridgehead atoms. The number of fused-ring (bicyclic) bond motifs is 1.